The third-order valence-corrected chi connectivity index (χ3v) is 4.97. The topological polar surface area (TPSA) is 119 Å². The fraction of sp³-hybridized carbons (Fsp3) is 0.316. The maximum Gasteiger partial charge on any atom is 0.230 e. The molecule has 2 rings (SSSR count). The fourth-order valence-electron chi connectivity index (χ4n) is 2.37. The van der Waals surface area contributed by atoms with Gasteiger partial charge in [-0.25, -0.2) is 0 Å². The Morgan fingerprint density at radius 3 is 2.82 bits per heavy atom. The number of amides is 1. The number of benzene rings is 1. The summed E-state index contributed by atoms with van der Waals surface area (Å²) in [5.41, 5.74) is 13.2. The summed E-state index contributed by atoms with van der Waals surface area (Å²) in [5, 5.41) is 15.8. The van der Waals surface area contributed by atoms with Gasteiger partial charge in [0.15, 0.2) is 0 Å². The summed E-state index contributed by atoms with van der Waals surface area (Å²) in [6, 6.07) is 7.23. The first kappa shape index (κ1) is 21.7. The molecule has 1 aromatic carbocycles. The molecule has 0 aliphatic rings. The summed E-state index contributed by atoms with van der Waals surface area (Å²) in [6.07, 6.45) is 7.26. The van der Waals surface area contributed by atoms with Crippen molar-refractivity contribution in [2.24, 2.45) is 11.5 Å². The third-order valence-electron chi connectivity index (χ3n) is 3.84. The van der Waals surface area contributed by atoms with E-state index in [2.05, 4.69) is 20.8 Å². The Bertz CT molecular complexity index is 848. The summed E-state index contributed by atoms with van der Waals surface area (Å²) >= 11 is 7.33. The van der Waals surface area contributed by atoms with Crippen molar-refractivity contribution in [1.82, 2.24) is 15.5 Å². The fourth-order valence-corrected chi connectivity index (χ4v) is 3.38. The molecule has 0 fully saturated rings. The maximum atomic E-state index is 12.1. The van der Waals surface area contributed by atoms with E-state index in [9.17, 15) is 4.79 Å². The number of carbonyl (C=O) groups excluding carboxylic acids is 1. The number of nitrogens with one attached hydrogen (secondary N) is 2. The summed E-state index contributed by atoms with van der Waals surface area (Å²) in [6.45, 7) is 0. The van der Waals surface area contributed by atoms with Gasteiger partial charge in [0.05, 0.1) is 12.2 Å². The van der Waals surface area contributed by atoms with Gasteiger partial charge in [-0.2, -0.15) is 0 Å². The number of allylic oxidation sites excluding steroid dienone is 3. The zero-order valence-corrected chi connectivity index (χ0v) is 17.3. The molecule has 9 heteroatoms. The first-order valence-electron chi connectivity index (χ1n) is 8.92. The molecule has 1 aromatic heterocycles. The molecule has 7 nitrogen and oxygen atoms in total. The van der Waals surface area contributed by atoms with Crippen molar-refractivity contribution in [3.63, 3.8) is 0 Å². The maximum absolute atomic E-state index is 12.1. The van der Waals surface area contributed by atoms with E-state index in [1.54, 1.807) is 25.3 Å². The molecule has 0 aliphatic heterocycles. The first-order valence-corrected chi connectivity index (χ1v) is 10.1. The van der Waals surface area contributed by atoms with Gasteiger partial charge in [-0.15, -0.1) is 10.2 Å². The summed E-state index contributed by atoms with van der Waals surface area (Å²) < 4.78 is 0. The van der Waals surface area contributed by atoms with Crippen LogP contribution < -0.4 is 22.1 Å². The highest BCUT2D eigenvalue weighted by atomic mass is 35.5. The van der Waals surface area contributed by atoms with Gasteiger partial charge in [0, 0.05) is 24.2 Å². The molecule has 28 heavy (non-hydrogen) atoms. The number of halogens is 1. The van der Waals surface area contributed by atoms with E-state index in [0.717, 1.165) is 42.0 Å². The Hall–Kier alpha value is -2.58. The second kappa shape index (κ2) is 11.3. The van der Waals surface area contributed by atoms with Crippen LogP contribution in [-0.2, 0) is 17.6 Å². The number of hydrogen-bond acceptors (Lipinski definition) is 7. The number of nitrogens with two attached hydrogens (primary N) is 2. The lowest BCUT2D eigenvalue weighted by Crippen LogP contribution is -2.14. The summed E-state index contributed by atoms with van der Waals surface area (Å²) in [7, 11) is 1.76. The van der Waals surface area contributed by atoms with Gasteiger partial charge in [-0.1, -0.05) is 35.1 Å². The van der Waals surface area contributed by atoms with Gasteiger partial charge in [-0.3, -0.25) is 4.79 Å². The van der Waals surface area contributed by atoms with Gasteiger partial charge in [0.1, 0.15) is 5.01 Å². The summed E-state index contributed by atoms with van der Waals surface area (Å²) in [5.74, 6) is 0.429. The van der Waals surface area contributed by atoms with E-state index in [-0.39, 0.29) is 12.3 Å². The molecular formula is C19H25ClN6OS. The van der Waals surface area contributed by atoms with Gasteiger partial charge in [0.25, 0.3) is 0 Å². The quantitative estimate of drug-likeness (QED) is 0.346. The molecule has 0 saturated heterocycles. The lowest BCUT2D eigenvalue weighted by molar-refractivity contribution is -0.115. The number of anilines is 1. The van der Waals surface area contributed by atoms with Crippen LogP contribution in [0.4, 0.5) is 5.13 Å². The van der Waals surface area contributed by atoms with Crippen molar-refractivity contribution < 1.29 is 4.79 Å². The zero-order valence-electron chi connectivity index (χ0n) is 15.7. The Labute approximate surface area is 173 Å². The van der Waals surface area contributed by atoms with Crippen molar-refractivity contribution in [3.8, 4) is 0 Å². The molecule has 0 bridgehead atoms. The minimum absolute atomic E-state index is 0.142. The molecule has 1 amide bonds. The lowest BCUT2D eigenvalue weighted by Gasteiger charge is -2.02. The molecule has 0 aliphatic carbocycles. The number of rotatable bonds is 10. The predicted molar refractivity (Wildman–Crippen MR) is 115 cm³/mol. The smallest absolute Gasteiger partial charge is 0.230 e. The second-order valence-corrected chi connectivity index (χ2v) is 7.68. The first-order chi connectivity index (χ1) is 13.5. The van der Waals surface area contributed by atoms with Crippen LogP contribution in [0.15, 0.2) is 47.9 Å². The molecule has 150 valence electrons. The average molecular weight is 421 g/mol. The Balaban J connectivity index is 1.72. The molecule has 0 saturated carbocycles. The van der Waals surface area contributed by atoms with Crippen molar-refractivity contribution in [2.45, 2.75) is 32.1 Å². The third kappa shape index (κ3) is 7.98. The molecule has 0 radical (unpaired) electrons. The zero-order chi connectivity index (χ0) is 20.4. The van der Waals surface area contributed by atoms with E-state index in [1.165, 1.54) is 11.3 Å². The van der Waals surface area contributed by atoms with Gasteiger partial charge >= 0.3 is 0 Å². The largest absolute Gasteiger partial charge is 0.402 e. The van der Waals surface area contributed by atoms with E-state index in [1.807, 2.05) is 18.2 Å². The predicted octanol–water partition coefficient (Wildman–Crippen LogP) is 2.95. The number of carbonyl (C=O) groups is 1. The molecule has 0 unspecified atom stereocenters. The van der Waals surface area contributed by atoms with Crippen molar-refractivity contribution >= 4 is 34.0 Å². The Kier molecular flexibility index (Phi) is 8.77. The molecular weight excluding hydrogens is 396 g/mol. The van der Waals surface area contributed by atoms with Crippen LogP contribution in [0.3, 0.4) is 0 Å². The molecule has 6 N–H and O–H groups in total. The van der Waals surface area contributed by atoms with Crippen LogP contribution in [0.5, 0.6) is 0 Å². The monoisotopic (exact) mass is 420 g/mol. The average Bonchev–Trinajstić information content (AvgIpc) is 3.10. The van der Waals surface area contributed by atoms with Crippen LogP contribution in [0.1, 0.15) is 29.8 Å². The van der Waals surface area contributed by atoms with Crippen LogP contribution in [-0.4, -0.2) is 23.2 Å². The highest BCUT2D eigenvalue weighted by molar-refractivity contribution is 7.15. The minimum Gasteiger partial charge on any atom is -0.402 e. The van der Waals surface area contributed by atoms with Gasteiger partial charge in [0.2, 0.25) is 11.0 Å². The highest BCUT2D eigenvalue weighted by Gasteiger charge is 2.09. The number of nitrogens with zero attached hydrogens (tertiary/aromatic N) is 2. The molecule has 0 atom stereocenters. The van der Waals surface area contributed by atoms with E-state index < -0.39 is 0 Å². The number of aryl methyl sites for hydroxylation is 1. The van der Waals surface area contributed by atoms with Gasteiger partial charge in [-0.05, 0) is 49.1 Å². The van der Waals surface area contributed by atoms with Crippen LogP contribution in [0.2, 0.25) is 5.02 Å². The summed E-state index contributed by atoms with van der Waals surface area (Å²) in [4.78, 5) is 12.1. The molecule has 1 heterocycles. The second-order valence-electron chi connectivity index (χ2n) is 6.18. The standard InChI is InChI=1S/C19H25ClN6OS/c1-23-16(22)10-9-15(21)7-2-3-8-18-25-26-19(28-18)24-17(27)12-13-5-4-6-14(20)11-13/h4-6,9-11,23H,2-3,7-8,12,21-22H2,1H3,(H,24,26,27)/b15-9-,16-10+. The molecule has 0 spiro atoms. The van der Waals surface area contributed by atoms with Crippen molar-refractivity contribution in [2.75, 3.05) is 12.4 Å². The van der Waals surface area contributed by atoms with Crippen LogP contribution >= 0.6 is 22.9 Å². The van der Waals surface area contributed by atoms with Gasteiger partial charge < -0.3 is 22.1 Å². The van der Waals surface area contributed by atoms with Crippen LogP contribution in [0.25, 0.3) is 0 Å². The lowest BCUT2D eigenvalue weighted by atomic mass is 10.1. The van der Waals surface area contributed by atoms with E-state index in [0.29, 0.717) is 16.0 Å². The van der Waals surface area contributed by atoms with E-state index >= 15 is 0 Å². The van der Waals surface area contributed by atoms with E-state index in [4.69, 9.17) is 23.1 Å². The number of hydrogen-bond donors (Lipinski definition) is 4. The number of aromatic nitrogens is 2. The molecule has 2 aromatic rings. The normalized spacial score (nSPS) is 12.1. The van der Waals surface area contributed by atoms with Crippen molar-refractivity contribution in [3.05, 3.63) is 63.5 Å². The Morgan fingerprint density at radius 2 is 2.07 bits per heavy atom. The number of unbranched alkanes of at least 4 members (excludes halogenated alkanes) is 1. The van der Waals surface area contributed by atoms with Crippen molar-refractivity contribution in [1.29, 1.82) is 0 Å². The minimum atomic E-state index is -0.142. The highest BCUT2D eigenvalue weighted by Crippen LogP contribution is 2.18. The Morgan fingerprint density at radius 1 is 1.25 bits per heavy atom. The SMILES string of the molecule is CN/C(N)=C/C=C(\N)CCCCc1nnc(NC(=O)Cc2cccc(Cl)c2)s1. The van der Waals surface area contributed by atoms with Crippen LogP contribution in [0, 0.1) is 0 Å².